The standard InChI is InChI=1S/C22H24ClN5O/c23-19-7-5-17(6-8-19)15-27-9-11-28(12-10-27)16-22(29)26-25-14-18-13-24-21-4-2-1-3-20(18)21/h1-8,13-14,24H,9-12,15-16H2,(H,26,29)/p+2/b25-14+. The van der Waals surface area contributed by atoms with Crippen LogP contribution in [0.5, 0.6) is 0 Å². The van der Waals surface area contributed by atoms with E-state index in [1.807, 2.05) is 42.6 Å². The predicted octanol–water partition coefficient (Wildman–Crippen LogP) is 0.255. The Labute approximate surface area is 175 Å². The first-order valence-electron chi connectivity index (χ1n) is 9.97. The zero-order valence-electron chi connectivity index (χ0n) is 16.2. The number of H-pyrrole nitrogens is 1. The predicted molar refractivity (Wildman–Crippen MR) is 115 cm³/mol. The fourth-order valence-electron chi connectivity index (χ4n) is 3.84. The maximum Gasteiger partial charge on any atom is 0.295 e. The summed E-state index contributed by atoms with van der Waals surface area (Å²) in [6.07, 6.45) is 3.59. The Balaban J connectivity index is 1.21. The number of hydrogen-bond acceptors (Lipinski definition) is 2. The van der Waals surface area contributed by atoms with Crippen molar-refractivity contribution in [2.45, 2.75) is 6.54 Å². The lowest BCUT2D eigenvalue weighted by Gasteiger charge is -2.29. The van der Waals surface area contributed by atoms with Crippen molar-refractivity contribution in [3.8, 4) is 0 Å². The van der Waals surface area contributed by atoms with E-state index < -0.39 is 0 Å². The first-order valence-corrected chi connectivity index (χ1v) is 10.3. The number of benzene rings is 2. The summed E-state index contributed by atoms with van der Waals surface area (Å²) in [6.45, 7) is 5.56. The number of hydrogen-bond donors (Lipinski definition) is 4. The normalized spacial score (nSPS) is 19.6. The van der Waals surface area contributed by atoms with Crippen LogP contribution in [-0.2, 0) is 11.3 Å². The van der Waals surface area contributed by atoms with Crippen molar-refractivity contribution in [1.29, 1.82) is 0 Å². The second kappa shape index (κ2) is 9.22. The highest BCUT2D eigenvalue weighted by atomic mass is 35.5. The molecule has 3 aromatic rings. The average Bonchev–Trinajstić information content (AvgIpc) is 3.14. The van der Waals surface area contributed by atoms with Crippen molar-refractivity contribution < 1.29 is 14.6 Å². The molecule has 150 valence electrons. The summed E-state index contributed by atoms with van der Waals surface area (Å²) in [5.41, 5.74) is 5.99. The third-order valence-corrected chi connectivity index (χ3v) is 5.71. The van der Waals surface area contributed by atoms with Gasteiger partial charge < -0.3 is 14.8 Å². The Bertz CT molecular complexity index is 990. The number of quaternary nitrogens is 2. The van der Waals surface area contributed by atoms with Gasteiger partial charge >= 0.3 is 0 Å². The number of piperazine rings is 1. The molecule has 6 nitrogen and oxygen atoms in total. The molecule has 4 N–H and O–H groups in total. The van der Waals surface area contributed by atoms with Gasteiger partial charge in [0, 0.05) is 33.2 Å². The van der Waals surface area contributed by atoms with Crippen LogP contribution in [0.1, 0.15) is 11.1 Å². The number of aromatic amines is 1. The zero-order valence-corrected chi connectivity index (χ0v) is 17.0. The molecule has 0 radical (unpaired) electrons. The second-order valence-corrected chi connectivity index (χ2v) is 8.00. The minimum absolute atomic E-state index is 0.0442. The Morgan fingerprint density at radius 1 is 1.07 bits per heavy atom. The Hall–Kier alpha value is -2.67. The van der Waals surface area contributed by atoms with Gasteiger partial charge in [-0.2, -0.15) is 5.10 Å². The van der Waals surface area contributed by atoms with Crippen LogP contribution in [0, 0.1) is 0 Å². The van der Waals surface area contributed by atoms with Gasteiger partial charge in [-0.1, -0.05) is 41.9 Å². The van der Waals surface area contributed by atoms with Crippen LogP contribution in [0.3, 0.4) is 0 Å². The Morgan fingerprint density at radius 3 is 2.59 bits per heavy atom. The molecule has 0 atom stereocenters. The molecule has 1 amide bonds. The maximum atomic E-state index is 12.2. The van der Waals surface area contributed by atoms with E-state index in [1.54, 1.807) is 11.1 Å². The van der Waals surface area contributed by atoms with Gasteiger partial charge in [0.1, 0.15) is 32.7 Å². The number of carbonyl (C=O) groups is 1. The molecule has 4 rings (SSSR count). The molecule has 1 saturated heterocycles. The lowest BCUT2D eigenvalue weighted by Crippen LogP contribution is -3.28. The summed E-state index contributed by atoms with van der Waals surface area (Å²) in [7, 11) is 0. The van der Waals surface area contributed by atoms with Crippen molar-refractivity contribution in [3.63, 3.8) is 0 Å². The van der Waals surface area contributed by atoms with E-state index in [9.17, 15) is 4.79 Å². The summed E-state index contributed by atoms with van der Waals surface area (Å²) in [4.78, 5) is 18.3. The second-order valence-electron chi connectivity index (χ2n) is 7.56. The largest absolute Gasteiger partial charge is 0.361 e. The SMILES string of the molecule is O=C(C[NH+]1CC[NH+](Cc2ccc(Cl)cc2)CC1)N/N=C/c1c[nH]c2ccccc12. The Kier molecular flexibility index (Phi) is 6.24. The fraction of sp³-hybridized carbons (Fsp3) is 0.273. The number of rotatable bonds is 6. The van der Waals surface area contributed by atoms with Crippen LogP contribution in [0.15, 0.2) is 59.8 Å². The fourth-order valence-corrected chi connectivity index (χ4v) is 3.97. The van der Waals surface area contributed by atoms with Crippen molar-refractivity contribution in [2.24, 2.45) is 5.10 Å². The molecule has 1 aromatic heterocycles. The van der Waals surface area contributed by atoms with Crippen LogP contribution < -0.4 is 15.2 Å². The summed E-state index contributed by atoms with van der Waals surface area (Å²) >= 11 is 5.95. The highest BCUT2D eigenvalue weighted by Crippen LogP contribution is 2.15. The highest BCUT2D eigenvalue weighted by Gasteiger charge is 2.24. The molecule has 0 saturated carbocycles. The van der Waals surface area contributed by atoms with Gasteiger partial charge in [0.25, 0.3) is 5.91 Å². The molecule has 1 aliphatic heterocycles. The van der Waals surface area contributed by atoms with Gasteiger partial charge in [-0.3, -0.25) is 4.79 Å². The number of amides is 1. The third-order valence-electron chi connectivity index (χ3n) is 5.46. The van der Waals surface area contributed by atoms with E-state index in [2.05, 4.69) is 27.6 Å². The van der Waals surface area contributed by atoms with Crippen LogP contribution in [0.4, 0.5) is 0 Å². The van der Waals surface area contributed by atoms with Crippen molar-refractivity contribution in [3.05, 3.63) is 70.9 Å². The molecular weight excluding hydrogens is 386 g/mol. The summed E-state index contributed by atoms with van der Waals surface area (Å²) in [6, 6.07) is 16.1. The number of carbonyl (C=O) groups excluding carboxylic acids is 1. The summed E-state index contributed by atoms with van der Waals surface area (Å²) in [5.74, 6) is -0.0442. The van der Waals surface area contributed by atoms with Gasteiger partial charge in [0.2, 0.25) is 0 Å². The van der Waals surface area contributed by atoms with E-state index in [0.717, 1.165) is 54.2 Å². The number of para-hydroxylation sites is 1. The van der Waals surface area contributed by atoms with Crippen LogP contribution >= 0.6 is 11.6 Å². The molecule has 1 aliphatic rings. The lowest BCUT2D eigenvalue weighted by atomic mass is 10.2. The van der Waals surface area contributed by atoms with E-state index >= 15 is 0 Å². The van der Waals surface area contributed by atoms with Crippen LogP contribution in [-0.4, -0.2) is 49.8 Å². The molecule has 0 spiro atoms. The first-order chi connectivity index (χ1) is 14.2. The molecule has 2 heterocycles. The van der Waals surface area contributed by atoms with Gasteiger partial charge in [-0.25, -0.2) is 5.43 Å². The molecule has 1 fully saturated rings. The number of hydrazone groups is 1. The highest BCUT2D eigenvalue weighted by molar-refractivity contribution is 6.30. The Morgan fingerprint density at radius 2 is 1.79 bits per heavy atom. The first kappa shape index (κ1) is 19.6. The van der Waals surface area contributed by atoms with Gasteiger partial charge in [0.15, 0.2) is 6.54 Å². The summed E-state index contributed by atoms with van der Waals surface area (Å²) < 4.78 is 0. The molecule has 0 bridgehead atoms. The average molecular weight is 412 g/mol. The molecule has 2 aromatic carbocycles. The van der Waals surface area contributed by atoms with E-state index in [4.69, 9.17) is 11.6 Å². The molecule has 0 aliphatic carbocycles. The quantitative estimate of drug-likeness (QED) is 0.341. The summed E-state index contributed by atoms with van der Waals surface area (Å²) in [5, 5.41) is 6.00. The van der Waals surface area contributed by atoms with Crippen molar-refractivity contribution >= 4 is 34.6 Å². The minimum Gasteiger partial charge on any atom is -0.361 e. The number of nitrogens with zero attached hydrogens (tertiary/aromatic N) is 1. The van der Waals surface area contributed by atoms with Gasteiger partial charge in [0.05, 0.1) is 6.21 Å². The van der Waals surface area contributed by atoms with E-state index in [0.29, 0.717) is 6.54 Å². The number of halogens is 1. The zero-order chi connectivity index (χ0) is 20.1. The smallest absolute Gasteiger partial charge is 0.295 e. The van der Waals surface area contributed by atoms with Crippen LogP contribution in [0.2, 0.25) is 5.02 Å². The third kappa shape index (κ3) is 5.23. The molecule has 29 heavy (non-hydrogen) atoms. The van der Waals surface area contributed by atoms with Crippen LogP contribution in [0.25, 0.3) is 10.9 Å². The minimum atomic E-state index is -0.0442. The molecule has 7 heteroatoms. The number of aromatic nitrogens is 1. The van der Waals surface area contributed by atoms with E-state index in [-0.39, 0.29) is 5.91 Å². The number of fused-ring (bicyclic) bond motifs is 1. The van der Waals surface area contributed by atoms with Gasteiger partial charge in [-0.15, -0.1) is 0 Å². The topological polar surface area (TPSA) is 66.1 Å². The molecular formula is C22H26ClN5O+2. The monoisotopic (exact) mass is 411 g/mol. The molecule has 0 unspecified atom stereocenters. The number of nitrogens with one attached hydrogen (secondary N) is 4. The van der Waals surface area contributed by atoms with Gasteiger partial charge in [-0.05, 0) is 18.2 Å². The maximum absolute atomic E-state index is 12.2. The van der Waals surface area contributed by atoms with E-state index in [1.165, 1.54) is 10.5 Å². The van der Waals surface area contributed by atoms with Crippen molar-refractivity contribution in [2.75, 3.05) is 32.7 Å². The van der Waals surface area contributed by atoms with Crippen molar-refractivity contribution in [1.82, 2.24) is 10.4 Å². The lowest BCUT2D eigenvalue weighted by molar-refractivity contribution is -1.02.